The summed E-state index contributed by atoms with van der Waals surface area (Å²) in [6.07, 6.45) is 0.496. The Morgan fingerprint density at radius 2 is 1.65 bits per heavy atom. The van der Waals surface area contributed by atoms with E-state index in [2.05, 4.69) is 31.9 Å². The van der Waals surface area contributed by atoms with E-state index in [4.69, 9.17) is 0 Å². The van der Waals surface area contributed by atoms with Crippen LogP contribution in [-0.4, -0.2) is 30.1 Å². The fraction of sp³-hybridized carbons (Fsp3) is 0.571. The smallest absolute Gasteiger partial charge is 0.152 e. The summed E-state index contributed by atoms with van der Waals surface area (Å²) in [5.41, 5.74) is 0.585. The third-order valence-electron chi connectivity index (χ3n) is 3.55. The van der Waals surface area contributed by atoms with Crippen molar-refractivity contribution in [1.29, 1.82) is 0 Å². The second-order valence-corrected chi connectivity index (χ2v) is 9.02. The Labute approximate surface area is 137 Å². The van der Waals surface area contributed by atoms with Gasteiger partial charge in [0.1, 0.15) is 5.82 Å². The molecule has 0 aliphatic heterocycles. The third-order valence-corrected chi connectivity index (χ3v) is 7.91. The Kier molecular flexibility index (Phi) is 6.67. The van der Waals surface area contributed by atoms with E-state index >= 15 is 0 Å². The number of alkyl halides is 2. The second kappa shape index (κ2) is 7.36. The third kappa shape index (κ3) is 4.28. The van der Waals surface area contributed by atoms with Crippen molar-refractivity contribution in [3.8, 4) is 0 Å². The van der Waals surface area contributed by atoms with Crippen molar-refractivity contribution in [2.45, 2.75) is 30.9 Å². The average Bonchev–Trinajstić information content (AvgIpc) is 2.42. The van der Waals surface area contributed by atoms with Gasteiger partial charge in [0.05, 0.1) is 11.0 Å². The first-order valence-electron chi connectivity index (χ1n) is 6.37. The molecule has 0 saturated carbocycles. The van der Waals surface area contributed by atoms with Gasteiger partial charge in [0.25, 0.3) is 0 Å². The minimum absolute atomic E-state index is 0.124. The highest BCUT2D eigenvalue weighted by molar-refractivity contribution is 9.09. The molecule has 0 aliphatic rings. The van der Waals surface area contributed by atoms with E-state index in [-0.39, 0.29) is 22.2 Å². The normalized spacial score (nSPS) is 12.9. The first-order chi connectivity index (χ1) is 9.27. The monoisotopic (exact) mass is 428 g/mol. The van der Waals surface area contributed by atoms with Crippen molar-refractivity contribution in [3.05, 3.63) is 35.6 Å². The number of sulfone groups is 1. The van der Waals surface area contributed by atoms with E-state index < -0.39 is 9.84 Å². The lowest BCUT2D eigenvalue weighted by molar-refractivity contribution is 0.519. The number of hydrogen-bond donors (Lipinski definition) is 0. The summed E-state index contributed by atoms with van der Waals surface area (Å²) in [6, 6.07) is 6.26. The van der Waals surface area contributed by atoms with Crippen LogP contribution in [0.5, 0.6) is 0 Å². The largest absolute Gasteiger partial charge is 0.229 e. The SMILES string of the molecule is CC(C)S(=O)(=O)CCC(CBr)(CBr)c1ccc(F)cc1. The molecule has 0 atom stereocenters. The van der Waals surface area contributed by atoms with Gasteiger partial charge in [-0.2, -0.15) is 0 Å². The Hall–Kier alpha value is 0.0600. The van der Waals surface area contributed by atoms with Gasteiger partial charge in [0.15, 0.2) is 9.84 Å². The first-order valence-corrected chi connectivity index (χ1v) is 10.3. The van der Waals surface area contributed by atoms with Crippen molar-refractivity contribution in [1.82, 2.24) is 0 Å². The zero-order valence-corrected chi connectivity index (χ0v) is 15.6. The molecule has 114 valence electrons. The Balaban J connectivity index is 3.01. The minimum Gasteiger partial charge on any atom is -0.229 e. The lowest BCUT2D eigenvalue weighted by atomic mass is 9.82. The van der Waals surface area contributed by atoms with Crippen LogP contribution in [0, 0.1) is 5.82 Å². The van der Waals surface area contributed by atoms with Crippen LogP contribution < -0.4 is 0 Å². The van der Waals surface area contributed by atoms with Crippen molar-refractivity contribution >= 4 is 41.7 Å². The molecule has 0 N–H and O–H groups in total. The molecule has 20 heavy (non-hydrogen) atoms. The van der Waals surface area contributed by atoms with Gasteiger partial charge in [0, 0.05) is 16.1 Å². The van der Waals surface area contributed by atoms with Crippen molar-refractivity contribution in [2.75, 3.05) is 16.4 Å². The van der Waals surface area contributed by atoms with Crippen LogP contribution in [0.4, 0.5) is 4.39 Å². The molecule has 0 heterocycles. The Morgan fingerprint density at radius 1 is 1.15 bits per heavy atom. The molecule has 0 radical (unpaired) electrons. The average molecular weight is 430 g/mol. The maximum atomic E-state index is 13.0. The molecule has 0 aliphatic carbocycles. The van der Waals surface area contributed by atoms with Crippen LogP contribution in [0.15, 0.2) is 24.3 Å². The molecule has 0 spiro atoms. The summed E-state index contributed by atoms with van der Waals surface area (Å²) in [5, 5.41) is 0.855. The summed E-state index contributed by atoms with van der Waals surface area (Å²) in [6.45, 7) is 3.38. The quantitative estimate of drug-likeness (QED) is 0.612. The maximum Gasteiger partial charge on any atom is 0.152 e. The van der Waals surface area contributed by atoms with Crippen LogP contribution in [0.1, 0.15) is 25.8 Å². The van der Waals surface area contributed by atoms with Crippen LogP contribution in [0.2, 0.25) is 0 Å². The molecule has 1 rings (SSSR count). The van der Waals surface area contributed by atoms with E-state index in [1.165, 1.54) is 12.1 Å². The van der Waals surface area contributed by atoms with Gasteiger partial charge in [-0.05, 0) is 38.0 Å². The van der Waals surface area contributed by atoms with E-state index in [9.17, 15) is 12.8 Å². The molecule has 0 amide bonds. The molecule has 0 aromatic heterocycles. The molecule has 0 saturated heterocycles. The zero-order valence-electron chi connectivity index (χ0n) is 11.6. The lowest BCUT2D eigenvalue weighted by Crippen LogP contribution is -2.34. The number of hydrogen-bond acceptors (Lipinski definition) is 2. The van der Waals surface area contributed by atoms with Crippen LogP contribution >= 0.6 is 31.9 Å². The van der Waals surface area contributed by atoms with Gasteiger partial charge >= 0.3 is 0 Å². The number of benzene rings is 1. The molecular formula is C14H19Br2FO2S. The van der Waals surface area contributed by atoms with E-state index in [1.54, 1.807) is 26.0 Å². The number of halogens is 3. The number of rotatable bonds is 7. The second-order valence-electron chi connectivity index (χ2n) is 5.22. The fourth-order valence-electron chi connectivity index (χ4n) is 1.84. The fourth-order valence-corrected chi connectivity index (χ4v) is 5.13. The highest BCUT2D eigenvalue weighted by Crippen LogP contribution is 2.33. The maximum absolute atomic E-state index is 13.0. The van der Waals surface area contributed by atoms with Crippen molar-refractivity contribution < 1.29 is 12.8 Å². The van der Waals surface area contributed by atoms with E-state index in [0.717, 1.165) is 5.56 Å². The van der Waals surface area contributed by atoms with Crippen LogP contribution in [0.25, 0.3) is 0 Å². The lowest BCUT2D eigenvalue weighted by Gasteiger charge is -2.31. The molecule has 1 aromatic carbocycles. The highest BCUT2D eigenvalue weighted by atomic mass is 79.9. The summed E-state index contributed by atoms with van der Waals surface area (Å²) < 4.78 is 37.1. The molecular weight excluding hydrogens is 411 g/mol. The Bertz CT molecular complexity index is 523. The predicted octanol–water partition coefficient (Wildman–Crippen LogP) is 4.07. The van der Waals surface area contributed by atoms with Gasteiger partial charge in [-0.1, -0.05) is 44.0 Å². The molecule has 0 bridgehead atoms. The molecule has 0 fully saturated rings. The van der Waals surface area contributed by atoms with Crippen LogP contribution in [0.3, 0.4) is 0 Å². The van der Waals surface area contributed by atoms with Crippen LogP contribution in [-0.2, 0) is 15.3 Å². The van der Waals surface area contributed by atoms with Gasteiger partial charge < -0.3 is 0 Å². The Morgan fingerprint density at radius 3 is 2.05 bits per heavy atom. The summed E-state index contributed by atoms with van der Waals surface area (Å²) in [5.74, 6) is -0.166. The highest BCUT2D eigenvalue weighted by Gasteiger charge is 2.32. The minimum atomic E-state index is -3.08. The van der Waals surface area contributed by atoms with Gasteiger partial charge in [-0.15, -0.1) is 0 Å². The zero-order chi connectivity index (χ0) is 15.4. The van der Waals surface area contributed by atoms with E-state index in [0.29, 0.717) is 17.1 Å². The summed E-state index contributed by atoms with van der Waals surface area (Å²) in [7, 11) is -3.08. The van der Waals surface area contributed by atoms with Crippen molar-refractivity contribution in [3.63, 3.8) is 0 Å². The first kappa shape index (κ1) is 18.1. The predicted molar refractivity (Wildman–Crippen MR) is 89.2 cm³/mol. The van der Waals surface area contributed by atoms with Gasteiger partial charge in [0.2, 0.25) is 0 Å². The molecule has 6 heteroatoms. The topological polar surface area (TPSA) is 34.1 Å². The van der Waals surface area contributed by atoms with Crippen molar-refractivity contribution in [2.24, 2.45) is 0 Å². The summed E-state index contributed by atoms with van der Waals surface area (Å²) >= 11 is 6.95. The molecule has 0 unspecified atom stereocenters. The molecule has 2 nitrogen and oxygen atoms in total. The van der Waals surface area contributed by atoms with Gasteiger partial charge in [-0.3, -0.25) is 0 Å². The summed E-state index contributed by atoms with van der Waals surface area (Å²) in [4.78, 5) is 0. The van der Waals surface area contributed by atoms with E-state index in [1.807, 2.05) is 0 Å². The van der Waals surface area contributed by atoms with Gasteiger partial charge in [-0.25, -0.2) is 12.8 Å². The molecule has 1 aromatic rings. The standard InChI is InChI=1S/C14H19Br2FO2S/c1-11(2)20(18,19)8-7-14(9-15,10-16)12-3-5-13(17)6-4-12/h3-6,11H,7-10H2,1-2H3.